The Balaban J connectivity index is 1.53. The van der Waals surface area contributed by atoms with Crippen LogP contribution in [0.5, 0.6) is 0 Å². The zero-order chi connectivity index (χ0) is 21.0. The molecule has 9 atom stereocenters. The highest BCUT2D eigenvalue weighted by molar-refractivity contribution is 5.25. The Labute approximate surface area is 180 Å². The van der Waals surface area contributed by atoms with Crippen LogP contribution in [-0.4, -0.2) is 11.2 Å². The Morgan fingerprint density at radius 1 is 0.966 bits per heavy atom. The summed E-state index contributed by atoms with van der Waals surface area (Å²) in [6.07, 6.45) is 17.7. The second-order valence-electron chi connectivity index (χ2n) is 12.2. The Bertz CT molecular complexity index is 659. The molecule has 0 amide bonds. The van der Waals surface area contributed by atoms with Crippen LogP contribution in [0.15, 0.2) is 23.8 Å². The quantitative estimate of drug-likeness (QED) is 0.489. The fourth-order valence-corrected chi connectivity index (χ4v) is 8.25. The summed E-state index contributed by atoms with van der Waals surface area (Å²) in [7, 11) is 0. The fourth-order valence-electron chi connectivity index (χ4n) is 8.25. The summed E-state index contributed by atoms with van der Waals surface area (Å²) in [4.78, 5) is 0. The Kier molecular flexibility index (Phi) is 5.86. The highest BCUT2D eigenvalue weighted by atomic mass is 16.3. The molecule has 0 aromatic carbocycles. The van der Waals surface area contributed by atoms with Gasteiger partial charge in [-0.3, -0.25) is 0 Å². The minimum Gasteiger partial charge on any atom is -0.393 e. The van der Waals surface area contributed by atoms with Gasteiger partial charge in [0.15, 0.2) is 0 Å². The predicted molar refractivity (Wildman–Crippen MR) is 124 cm³/mol. The van der Waals surface area contributed by atoms with Crippen LogP contribution < -0.4 is 0 Å². The van der Waals surface area contributed by atoms with Crippen molar-refractivity contribution < 1.29 is 5.11 Å². The van der Waals surface area contributed by atoms with Crippen LogP contribution in [0.2, 0.25) is 0 Å². The highest BCUT2D eigenvalue weighted by Gasteiger charge is 2.58. The summed E-state index contributed by atoms with van der Waals surface area (Å²) in [5, 5.41) is 10.2. The molecule has 1 N–H and O–H groups in total. The van der Waals surface area contributed by atoms with E-state index in [0.29, 0.717) is 22.7 Å². The third kappa shape index (κ3) is 3.58. The van der Waals surface area contributed by atoms with Gasteiger partial charge in [0.1, 0.15) is 0 Å². The van der Waals surface area contributed by atoms with E-state index in [9.17, 15) is 5.11 Å². The van der Waals surface area contributed by atoms with Crippen molar-refractivity contribution in [3.8, 4) is 0 Å². The number of aliphatic hydroxyl groups excluding tert-OH is 1. The number of rotatable bonds is 4. The maximum absolute atomic E-state index is 10.2. The first-order chi connectivity index (χ1) is 13.7. The molecule has 29 heavy (non-hydrogen) atoms. The minimum atomic E-state index is -0.0866. The fraction of sp³-hybridized carbons (Fsp3) is 0.857. The van der Waals surface area contributed by atoms with Gasteiger partial charge in [-0.1, -0.05) is 65.3 Å². The van der Waals surface area contributed by atoms with Gasteiger partial charge in [0.25, 0.3) is 0 Å². The third-order valence-corrected chi connectivity index (χ3v) is 10.6. The van der Waals surface area contributed by atoms with Crippen LogP contribution >= 0.6 is 0 Å². The van der Waals surface area contributed by atoms with Gasteiger partial charge in [-0.25, -0.2) is 0 Å². The first-order valence-corrected chi connectivity index (χ1v) is 12.7. The molecular formula is C28H46O. The molecule has 3 saturated carbocycles. The number of aliphatic hydroxyl groups is 1. The number of allylic oxidation sites excluding steroid dienone is 3. The summed E-state index contributed by atoms with van der Waals surface area (Å²) < 4.78 is 0. The van der Waals surface area contributed by atoms with E-state index in [4.69, 9.17) is 0 Å². The average Bonchev–Trinajstić information content (AvgIpc) is 3.03. The van der Waals surface area contributed by atoms with E-state index >= 15 is 0 Å². The van der Waals surface area contributed by atoms with Gasteiger partial charge in [0.2, 0.25) is 0 Å². The molecule has 0 bridgehead atoms. The first-order valence-electron chi connectivity index (χ1n) is 12.7. The summed E-state index contributed by atoms with van der Waals surface area (Å²) in [6.45, 7) is 14.7. The van der Waals surface area contributed by atoms with Gasteiger partial charge < -0.3 is 5.11 Å². The molecule has 1 heteroatoms. The lowest BCUT2D eigenvalue weighted by Crippen LogP contribution is -2.50. The standard InChI is InChI=1S/C28H46O/c1-18(2)19(3)7-8-20(4)24-11-12-25-23-10-9-21-17-22(29)13-15-27(21,5)26(23)14-16-28(24,25)6/h7-9,18-20,22-26,29H,10-17H2,1-6H3/t19-,20-,22-,23-,24+,25-,26+,27-,28-/m0/s1. The normalized spacial score (nSPS) is 46.8. The zero-order valence-electron chi connectivity index (χ0n) is 20.0. The molecule has 164 valence electrons. The Hall–Kier alpha value is -0.560. The minimum absolute atomic E-state index is 0.0866. The third-order valence-electron chi connectivity index (χ3n) is 10.6. The molecule has 0 heterocycles. The van der Waals surface area contributed by atoms with Crippen molar-refractivity contribution in [2.75, 3.05) is 0 Å². The van der Waals surface area contributed by atoms with Crippen LogP contribution in [0.25, 0.3) is 0 Å². The maximum atomic E-state index is 10.2. The maximum Gasteiger partial charge on any atom is 0.0577 e. The van der Waals surface area contributed by atoms with Crippen molar-refractivity contribution in [1.82, 2.24) is 0 Å². The topological polar surface area (TPSA) is 20.2 Å². The highest BCUT2D eigenvalue weighted by Crippen LogP contribution is 2.67. The van der Waals surface area contributed by atoms with Crippen LogP contribution in [0.1, 0.15) is 92.9 Å². The number of hydrogen-bond donors (Lipinski definition) is 1. The molecule has 0 spiro atoms. The second-order valence-corrected chi connectivity index (χ2v) is 12.2. The average molecular weight is 399 g/mol. The molecule has 0 aromatic heterocycles. The monoisotopic (exact) mass is 398 g/mol. The van der Waals surface area contributed by atoms with Crippen molar-refractivity contribution in [3.63, 3.8) is 0 Å². The molecule has 0 unspecified atom stereocenters. The van der Waals surface area contributed by atoms with Gasteiger partial charge in [-0.2, -0.15) is 0 Å². The van der Waals surface area contributed by atoms with Gasteiger partial charge in [0, 0.05) is 0 Å². The van der Waals surface area contributed by atoms with Crippen molar-refractivity contribution in [3.05, 3.63) is 23.8 Å². The molecule has 1 nitrogen and oxygen atoms in total. The smallest absolute Gasteiger partial charge is 0.0577 e. The molecule has 4 aliphatic carbocycles. The number of hydrogen-bond acceptors (Lipinski definition) is 1. The van der Waals surface area contributed by atoms with Crippen molar-refractivity contribution >= 4 is 0 Å². The lowest BCUT2D eigenvalue weighted by atomic mass is 9.47. The molecular weight excluding hydrogens is 352 g/mol. The van der Waals surface area contributed by atoms with Crippen LogP contribution in [0.3, 0.4) is 0 Å². The molecule has 0 radical (unpaired) electrons. The molecule has 4 rings (SSSR count). The van der Waals surface area contributed by atoms with Crippen molar-refractivity contribution in [1.29, 1.82) is 0 Å². The van der Waals surface area contributed by atoms with E-state index in [1.54, 1.807) is 5.57 Å². The van der Waals surface area contributed by atoms with Crippen LogP contribution in [0.4, 0.5) is 0 Å². The Morgan fingerprint density at radius 3 is 2.45 bits per heavy atom. The van der Waals surface area contributed by atoms with E-state index in [1.165, 1.54) is 38.5 Å². The molecule has 4 aliphatic rings. The molecule has 0 aliphatic heterocycles. The lowest BCUT2D eigenvalue weighted by Gasteiger charge is -2.58. The molecule has 0 saturated heterocycles. The van der Waals surface area contributed by atoms with Gasteiger partial charge in [-0.15, -0.1) is 0 Å². The van der Waals surface area contributed by atoms with Crippen LogP contribution in [-0.2, 0) is 0 Å². The molecule has 0 aromatic rings. The van der Waals surface area contributed by atoms with Crippen molar-refractivity contribution in [2.45, 2.75) is 99.0 Å². The van der Waals surface area contributed by atoms with Gasteiger partial charge >= 0.3 is 0 Å². The summed E-state index contributed by atoms with van der Waals surface area (Å²) in [6, 6.07) is 0. The van der Waals surface area contributed by atoms with E-state index in [1.807, 2.05) is 0 Å². The molecule has 3 fully saturated rings. The van der Waals surface area contributed by atoms with Crippen LogP contribution in [0, 0.1) is 52.3 Å². The number of fused-ring (bicyclic) bond motifs is 5. The lowest BCUT2D eigenvalue weighted by molar-refractivity contribution is -0.0540. The van der Waals surface area contributed by atoms with Crippen molar-refractivity contribution in [2.24, 2.45) is 52.3 Å². The van der Waals surface area contributed by atoms with E-state index in [-0.39, 0.29) is 6.10 Å². The van der Waals surface area contributed by atoms with Gasteiger partial charge in [-0.05, 0) is 104 Å². The van der Waals surface area contributed by atoms with E-state index < -0.39 is 0 Å². The first kappa shape index (κ1) is 21.7. The Morgan fingerprint density at radius 2 is 1.72 bits per heavy atom. The van der Waals surface area contributed by atoms with E-state index in [0.717, 1.165) is 42.4 Å². The van der Waals surface area contributed by atoms with E-state index in [2.05, 4.69) is 59.8 Å². The predicted octanol–water partition coefficient (Wildman–Crippen LogP) is 7.41. The summed E-state index contributed by atoms with van der Waals surface area (Å²) in [5.41, 5.74) is 2.51. The summed E-state index contributed by atoms with van der Waals surface area (Å²) >= 11 is 0. The zero-order valence-corrected chi connectivity index (χ0v) is 20.0. The SMILES string of the molecule is CC(C)[C@@H](C)C=C[C@H](C)[C@H]1CC[C@H]2[C@@H]3CC=C4C[C@@H](O)CC[C@]4(C)[C@@H]3CC[C@@]12C. The second kappa shape index (κ2) is 7.85. The largest absolute Gasteiger partial charge is 0.393 e. The van der Waals surface area contributed by atoms with Gasteiger partial charge in [0.05, 0.1) is 6.10 Å². The summed E-state index contributed by atoms with van der Waals surface area (Å²) in [5.74, 6) is 5.63.